The van der Waals surface area contributed by atoms with Crippen molar-refractivity contribution in [2.24, 2.45) is 0 Å². The van der Waals surface area contributed by atoms with Crippen LogP contribution in [0.5, 0.6) is 11.5 Å². The van der Waals surface area contributed by atoms with E-state index in [9.17, 15) is 24.3 Å². The van der Waals surface area contributed by atoms with Crippen molar-refractivity contribution in [3.63, 3.8) is 0 Å². The lowest BCUT2D eigenvalue weighted by Crippen LogP contribution is -2.52. The first-order chi connectivity index (χ1) is 16.9. The summed E-state index contributed by atoms with van der Waals surface area (Å²) < 4.78 is 10.7. The molecule has 2 aromatic rings. The summed E-state index contributed by atoms with van der Waals surface area (Å²) in [5.41, 5.74) is 0.348. The molecule has 1 aliphatic heterocycles. The first-order valence-electron chi connectivity index (χ1n) is 11.3. The van der Waals surface area contributed by atoms with E-state index in [0.29, 0.717) is 43.2 Å². The van der Waals surface area contributed by atoms with Gasteiger partial charge in [0.25, 0.3) is 11.8 Å². The van der Waals surface area contributed by atoms with Crippen LogP contribution >= 0.6 is 0 Å². The van der Waals surface area contributed by atoms with Crippen molar-refractivity contribution in [2.75, 3.05) is 39.9 Å². The van der Waals surface area contributed by atoms with Crippen molar-refractivity contribution in [2.45, 2.75) is 18.9 Å². The molecule has 1 fully saturated rings. The summed E-state index contributed by atoms with van der Waals surface area (Å²) in [5, 5.41) is 11.9. The topological polar surface area (TPSA) is 125 Å². The number of benzene rings is 2. The number of carboxylic acid groups (broad SMARTS) is 1. The molecule has 10 heteroatoms. The van der Waals surface area contributed by atoms with Crippen LogP contribution in [0.25, 0.3) is 0 Å². The molecule has 1 atom stereocenters. The van der Waals surface area contributed by atoms with E-state index in [1.807, 2.05) is 0 Å². The van der Waals surface area contributed by atoms with E-state index in [0.717, 1.165) is 0 Å². The van der Waals surface area contributed by atoms with Crippen LogP contribution in [0.2, 0.25) is 0 Å². The molecule has 2 N–H and O–H groups in total. The summed E-state index contributed by atoms with van der Waals surface area (Å²) >= 11 is 0. The average Bonchev–Trinajstić information content (AvgIpc) is 2.89. The van der Waals surface area contributed by atoms with E-state index in [1.54, 1.807) is 71.5 Å². The SMILES string of the molecule is COc1cccc(OCC(=O)N2CCN(C(=O)CC[C@H](NC(=O)c3ccccc3)C(=O)O)CC2)c1. The fourth-order valence-corrected chi connectivity index (χ4v) is 3.65. The lowest BCUT2D eigenvalue weighted by Gasteiger charge is -2.35. The van der Waals surface area contributed by atoms with E-state index in [1.165, 1.54) is 0 Å². The highest BCUT2D eigenvalue weighted by molar-refractivity contribution is 5.96. The Morgan fingerprint density at radius 2 is 1.54 bits per heavy atom. The van der Waals surface area contributed by atoms with Gasteiger partial charge in [-0.05, 0) is 30.7 Å². The smallest absolute Gasteiger partial charge is 0.326 e. The van der Waals surface area contributed by atoms with Crippen LogP contribution < -0.4 is 14.8 Å². The molecule has 3 amide bonds. The van der Waals surface area contributed by atoms with Gasteiger partial charge in [0.1, 0.15) is 17.5 Å². The summed E-state index contributed by atoms with van der Waals surface area (Å²) in [6.45, 7) is 1.29. The number of hydrogen-bond donors (Lipinski definition) is 2. The van der Waals surface area contributed by atoms with Gasteiger partial charge in [0, 0.05) is 44.2 Å². The zero-order chi connectivity index (χ0) is 25.2. The number of hydrogen-bond acceptors (Lipinski definition) is 6. The van der Waals surface area contributed by atoms with Crippen molar-refractivity contribution in [1.82, 2.24) is 15.1 Å². The largest absolute Gasteiger partial charge is 0.497 e. The van der Waals surface area contributed by atoms with Gasteiger partial charge in [-0.15, -0.1) is 0 Å². The number of rotatable bonds is 10. The van der Waals surface area contributed by atoms with Gasteiger partial charge in [-0.1, -0.05) is 24.3 Å². The molecule has 0 bridgehead atoms. The van der Waals surface area contributed by atoms with Crippen molar-refractivity contribution >= 4 is 23.7 Å². The molecule has 0 radical (unpaired) electrons. The minimum Gasteiger partial charge on any atom is -0.497 e. The first-order valence-corrected chi connectivity index (χ1v) is 11.3. The van der Waals surface area contributed by atoms with Crippen LogP contribution in [0, 0.1) is 0 Å². The van der Waals surface area contributed by atoms with Crippen molar-refractivity contribution in [3.05, 3.63) is 60.2 Å². The highest BCUT2D eigenvalue weighted by Crippen LogP contribution is 2.19. The molecule has 0 aromatic heterocycles. The van der Waals surface area contributed by atoms with Crippen molar-refractivity contribution in [3.8, 4) is 11.5 Å². The fraction of sp³-hybridized carbons (Fsp3) is 0.360. The second-order valence-corrected chi connectivity index (χ2v) is 8.00. The highest BCUT2D eigenvalue weighted by Gasteiger charge is 2.27. The highest BCUT2D eigenvalue weighted by atomic mass is 16.5. The molecule has 35 heavy (non-hydrogen) atoms. The molecule has 1 aliphatic rings. The van der Waals surface area contributed by atoms with Gasteiger partial charge in [0.05, 0.1) is 7.11 Å². The van der Waals surface area contributed by atoms with Gasteiger partial charge < -0.3 is 29.7 Å². The maximum Gasteiger partial charge on any atom is 0.326 e. The Bertz CT molecular complexity index is 1040. The predicted octanol–water partition coefficient (Wildman–Crippen LogP) is 1.41. The van der Waals surface area contributed by atoms with Crippen molar-refractivity contribution < 1.29 is 33.8 Å². The predicted molar refractivity (Wildman–Crippen MR) is 126 cm³/mol. The molecular formula is C25H29N3O7. The van der Waals surface area contributed by atoms with Crippen LogP contribution in [-0.2, 0) is 14.4 Å². The van der Waals surface area contributed by atoms with Crippen LogP contribution in [0.4, 0.5) is 0 Å². The first kappa shape index (κ1) is 25.5. The summed E-state index contributed by atoms with van der Waals surface area (Å²) in [7, 11) is 1.55. The number of piperazine rings is 1. The van der Waals surface area contributed by atoms with E-state index in [-0.39, 0.29) is 31.3 Å². The van der Waals surface area contributed by atoms with Gasteiger partial charge >= 0.3 is 5.97 Å². The van der Waals surface area contributed by atoms with E-state index < -0.39 is 17.9 Å². The zero-order valence-corrected chi connectivity index (χ0v) is 19.5. The third kappa shape index (κ3) is 7.46. The number of nitrogens with zero attached hydrogens (tertiary/aromatic N) is 2. The lowest BCUT2D eigenvalue weighted by atomic mass is 10.1. The third-order valence-corrected chi connectivity index (χ3v) is 5.67. The summed E-state index contributed by atoms with van der Waals surface area (Å²) in [4.78, 5) is 52.1. The molecule has 1 saturated heterocycles. The average molecular weight is 484 g/mol. The zero-order valence-electron chi connectivity index (χ0n) is 19.5. The lowest BCUT2D eigenvalue weighted by molar-refractivity contribution is -0.142. The number of aliphatic carboxylic acids is 1. The van der Waals surface area contributed by atoms with Gasteiger partial charge in [-0.2, -0.15) is 0 Å². The Balaban J connectivity index is 1.42. The molecule has 0 unspecified atom stereocenters. The van der Waals surface area contributed by atoms with E-state index >= 15 is 0 Å². The Labute approximate surface area is 203 Å². The van der Waals surface area contributed by atoms with Gasteiger partial charge in [0.15, 0.2) is 6.61 Å². The van der Waals surface area contributed by atoms with E-state index in [4.69, 9.17) is 9.47 Å². The third-order valence-electron chi connectivity index (χ3n) is 5.67. The van der Waals surface area contributed by atoms with Crippen LogP contribution in [-0.4, -0.2) is 84.5 Å². The minimum absolute atomic E-state index is 0.0275. The Morgan fingerprint density at radius 3 is 2.17 bits per heavy atom. The maximum absolute atomic E-state index is 12.6. The number of carbonyl (C=O) groups is 4. The van der Waals surface area contributed by atoms with Crippen molar-refractivity contribution in [1.29, 1.82) is 0 Å². The molecule has 10 nitrogen and oxygen atoms in total. The van der Waals surface area contributed by atoms with E-state index in [2.05, 4.69) is 5.32 Å². The second-order valence-electron chi connectivity index (χ2n) is 8.00. The molecule has 2 aromatic carbocycles. The molecular weight excluding hydrogens is 454 g/mol. The number of methoxy groups -OCH3 is 1. The Morgan fingerprint density at radius 1 is 0.914 bits per heavy atom. The quantitative estimate of drug-likeness (QED) is 0.523. The molecule has 0 saturated carbocycles. The molecule has 3 rings (SSSR count). The number of carbonyl (C=O) groups excluding carboxylic acids is 3. The number of nitrogens with one attached hydrogen (secondary N) is 1. The normalized spacial score (nSPS) is 14.1. The van der Waals surface area contributed by atoms with Gasteiger partial charge in [0.2, 0.25) is 5.91 Å². The summed E-state index contributed by atoms with van der Waals surface area (Å²) in [6.07, 6.45) is -0.0564. The monoisotopic (exact) mass is 483 g/mol. The summed E-state index contributed by atoms with van der Waals surface area (Å²) in [6, 6.07) is 14.1. The molecule has 1 heterocycles. The minimum atomic E-state index is -1.20. The summed E-state index contributed by atoms with van der Waals surface area (Å²) in [5.74, 6) is -0.951. The number of ether oxygens (including phenoxy) is 2. The second kappa shape index (κ2) is 12.4. The standard InChI is InChI=1S/C25H29N3O7/c1-34-19-8-5-9-20(16-19)35-17-23(30)28-14-12-27(13-15-28)22(29)11-10-21(25(32)33)26-24(31)18-6-3-2-4-7-18/h2-9,16,21H,10-15,17H2,1H3,(H,26,31)(H,32,33)/t21-/m0/s1. The fourth-order valence-electron chi connectivity index (χ4n) is 3.65. The Hall–Kier alpha value is -4.08. The Kier molecular flexibility index (Phi) is 9.05. The van der Waals surface area contributed by atoms with Gasteiger partial charge in [-0.25, -0.2) is 4.79 Å². The molecule has 186 valence electrons. The molecule has 0 aliphatic carbocycles. The number of carboxylic acids is 1. The van der Waals surface area contributed by atoms with Crippen LogP contribution in [0.3, 0.4) is 0 Å². The van der Waals surface area contributed by atoms with Crippen LogP contribution in [0.15, 0.2) is 54.6 Å². The van der Waals surface area contributed by atoms with Crippen LogP contribution in [0.1, 0.15) is 23.2 Å². The van der Waals surface area contributed by atoms with Gasteiger partial charge in [-0.3, -0.25) is 14.4 Å². The maximum atomic E-state index is 12.6. The number of amides is 3. The molecule has 0 spiro atoms.